The molecule has 68 valence electrons. The molecule has 0 aliphatic rings. The molecule has 0 aliphatic heterocycles. The lowest BCUT2D eigenvalue weighted by molar-refractivity contribution is -0.0437. The minimum atomic E-state index is -1.25. The molecule has 3 unspecified atom stereocenters. The van der Waals surface area contributed by atoms with Crippen molar-refractivity contribution in [2.75, 3.05) is 13.2 Å². The zero-order valence-electron chi connectivity index (χ0n) is 6.09. The van der Waals surface area contributed by atoms with Crippen molar-refractivity contribution in [1.82, 2.24) is 0 Å². The van der Waals surface area contributed by atoms with Crippen LogP contribution in [0.1, 0.15) is 6.42 Å². The lowest BCUT2D eigenvalue weighted by atomic mass is 10.1. The first-order chi connectivity index (χ1) is 5.11. The first kappa shape index (κ1) is 10.8. The molecule has 0 radical (unpaired) electrons. The van der Waals surface area contributed by atoms with Crippen LogP contribution in [0.3, 0.4) is 0 Å². The summed E-state index contributed by atoms with van der Waals surface area (Å²) in [5, 5.41) is 43.2. The monoisotopic (exact) mass is 166 g/mol. The van der Waals surface area contributed by atoms with E-state index in [2.05, 4.69) is 0 Å². The minimum absolute atomic E-state index is 0.141. The Morgan fingerprint density at radius 2 is 1.36 bits per heavy atom. The van der Waals surface area contributed by atoms with Gasteiger partial charge in [-0.25, -0.2) is 0 Å². The van der Waals surface area contributed by atoms with Gasteiger partial charge in [0, 0.05) is 6.42 Å². The second-order valence-electron chi connectivity index (χ2n) is 2.39. The molecule has 3 atom stereocenters. The second-order valence-corrected chi connectivity index (χ2v) is 2.39. The van der Waals surface area contributed by atoms with E-state index in [0.717, 1.165) is 0 Å². The molecule has 5 heteroatoms. The summed E-state index contributed by atoms with van der Waals surface area (Å²) in [6.45, 7) is -1.02. The highest BCUT2D eigenvalue weighted by Crippen LogP contribution is 2.02. The van der Waals surface area contributed by atoms with Crippen LogP contribution in [-0.2, 0) is 0 Å². The van der Waals surface area contributed by atoms with Crippen LogP contribution in [0.15, 0.2) is 0 Å². The third-order valence-electron chi connectivity index (χ3n) is 1.36. The van der Waals surface area contributed by atoms with Crippen LogP contribution in [0, 0.1) is 0 Å². The van der Waals surface area contributed by atoms with E-state index >= 15 is 0 Å². The number of aliphatic hydroxyl groups is 5. The summed E-state index contributed by atoms with van der Waals surface area (Å²) < 4.78 is 0. The average molecular weight is 166 g/mol. The zero-order chi connectivity index (χ0) is 8.85. The fraction of sp³-hybridized carbons (Fsp3) is 1.00. The fourth-order valence-corrected chi connectivity index (χ4v) is 0.632. The number of hydrogen-bond acceptors (Lipinski definition) is 5. The summed E-state index contributed by atoms with van der Waals surface area (Å²) in [7, 11) is 0. The van der Waals surface area contributed by atoms with Gasteiger partial charge in [0.05, 0.1) is 25.4 Å². The third-order valence-corrected chi connectivity index (χ3v) is 1.36. The van der Waals surface area contributed by atoms with E-state index in [-0.39, 0.29) is 6.42 Å². The van der Waals surface area contributed by atoms with Crippen LogP contribution < -0.4 is 0 Å². The van der Waals surface area contributed by atoms with Gasteiger partial charge in [-0.05, 0) is 0 Å². The van der Waals surface area contributed by atoms with Crippen molar-refractivity contribution in [2.45, 2.75) is 24.7 Å². The van der Waals surface area contributed by atoms with Crippen molar-refractivity contribution in [3.63, 3.8) is 0 Å². The molecule has 0 amide bonds. The molecule has 5 N–H and O–H groups in total. The molecular weight excluding hydrogens is 152 g/mol. The number of aliphatic hydroxyl groups excluding tert-OH is 5. The second kappa shape index (κ2) is 5.45. The van der Waals surface area contributed by atoms with Crippen molar-refractivity contribution in [3.05, 3.63) is 0 Å². The van der Waals surface area contributed by atoms with Crippen LogP contribution in [0.2, 0.25) is 0 Å². The summed E-state index contributed by atoms with van der Waals surface area (Å²) >= 11 is 0. The quantitative estimate of drug-likeness (QED) is 0.309. The largest absolute Gasteiger partial charge is 0.394 e. The summed E-state index contributed by atoms with van der Waals surface area (Å²) in [5.74, 6) is 0. The highest BCUT2D eigenvalue weighted by atomic mass is 16.4. The Kier molecular flexibility index (Phi) is 5.35. The highest BCUT2D eigenvalue weighted by molar-refractivity contribution is 4.69. The van der Waals surface area contributed by atoms with Gasteiger partial charge in [-0.1, -0.05) is 0 Å². The molecular formula is C6H14O5. The van der Waals surface area contributed by atoms with Gasteiger partial charge >= 0.3 is 0 Å². The first-order valence-electron chi connectivity index (χ1n) is 3.37. The van der Waals surface area contributed by atoms with Crippen molar-refractivity contribution in [3.8, 4) is 0 Å². The lowest BCUT2D eigenvalue weighted by Gasteiger charge is -2.17. The molecule has 0 aromatic heterocycles. The zero-order valence-corrected chi connectivity index (χ0v) is 6.09. The molecule has 0 heterocycles. The van der Waals surface area contributed by atoms with Crippen LogP contribution in [0.4, 0.5) is 0 Å². The smallest absolute Gasteiger partial charge is 0.103 e. The van der Waals surface area contributed by atoms with E-state index in [1.807, 2.05) is 0 Å². The topological polar surface area (TPSA) is 101 Å². The molecule has 0 rings (SSSR count). The van der Waals surface area contributed by atoms with E-state index in [4.69, 9.17) is 25.5 Å². The van der Waals surface area contributed by atoms with Gasteiger partial charge < -0.3 is 25.5 Å². The van der Waals surface area contributed by atoms with Gasteiger partial charge in [0.2, 0.25) is 0 Å². The van der Waals surface area contributed by atoms with E-state index < -0.39 is 31.5 Å². The highest BCUT2D eigenvalue weighted by Gasteiger charge is 2.18. The molecule has 0 aliphatic carbocycles. The Hall–Kier alpha value is -0.200. The van der Waals surface area contributed by atoms with Crippen LogP contribution in [-0.4, -0.2) is 57.1 Å². The maximum absolute atomic E-state index is 8.94. The maximum Gasteiger partial charge on any atom is 0.103 e. The van der Waals surface area contributed by atoms with E-state index in [1.54, 1.807) is 0 Å². The number of hydrogen-bond donors (Lipinski definition) is 5. The molecule has 0 saturated carbocycles. The molecule has 0 spiro atoms. The van der Waals surface area contributed by atoms with E-state index in [0.29, 0.717) is 0 Å². The number of rotatable bonds is 5. The Bertz CT molecular complexity index is 97.0. The SMILES string of the molecule is OCC(O)CC(O)C(O)CO. The Morgan fingerprint density at radius 1 is 0.818 bits per heavy atom. The Labute approximate surface area is 64.5 Å². The van der Waals surface area contributed by atoms with Gasteiger partial charge in [-0.2, -0.15) is 0 Å². The molecule has 0 aromatic carbocycles. The normalized spacial score (nSPS) is 19.4. The van der Waals surface area contributed by atoms with Crippen LogP contribution in [0.25, 0.3) is 0 Å². The molecule has 5 nitrogen and oxygen atoms in total. The van der Waals surface area contributed by atoms with Gasteiger partial charge in [0.15, 0.2) is 0 Å². The molecule has 0 fully saturated rings. The third kappa shape index (κ3) is 4.28. The molecule has 0 aromatic rings. The predicted molar refractivity (Wildman–Crippen MR) is 36.8 cm³/mol. The van der Waals surface area contributed by atoms with Crippen LogP contribution >= 0.6 is 0 Å². The molecule has 0 bridgehead atoms. The Morgan fingerprint density at radius 3 is 1.73 bits per heavy atom. The van der Waals surface area contributed by atoms with Crippen molar-refractivity contribution in [2.24, 2.45) is 0 Å². The van der Waals surface area contributed by atoms with Gasteiger partial charge in [-0.3, -0.25) is 0 Å². The summed E-state index contributed by atoms with van der Waals surface area (Å²) in [6, 6.07) is 0. The van der Waals surface area contributed by atoms with Gasteiger partial charge in [-0.15, -0.1) is 0 Å². The summed E-state index contributed by atoms with van der Waals surface area (Å²) in [5.41, 5.74) is 0. The van der Waals surface area contributed by atoms with Crippen molar-refractivity contribution in [1.29, 1.82) is 0 Å². The molecule has 0 saturated heterocycles. The first-order valence-corrected chi connectivity index (χ1v) is 3.37. The van der Waals surface area contributed by atoms with E-state index in [9.17, 15) is 0 Å². The average Bonchev–Trinajstić information content (AvgIpc) is 2.02. The van der Waals surface area contributed by atoms with Gasteiger partial charge in [0.25, 0.3) is 0 Å². The Balaban J connectivity index is 3.58. The fourth-order valence-electron chi connectivity index (χ4n) is 0.632. The minimum Gasteiger partial charge on any atom is -0.394 e. The standard InChI is InChI=1S/C6H14O5/c7-2-4(9)1-5(10)6(11)3-8/h4-11H,1-3H2. The summed E-state index contributed by atoms with van der Waals surface area (Å²) in [4.78, 5) is 0. The molecule has 11 heavy (non-hydrogen) atoms. The lowest BCUT2D eigenvalue weighted by Crippen LogP contribution is -2.33. The predicted octanol–water partition coefficient (Wildman–Crippen LogP) is -2.56. The van der Waals surface area contributed by atoms with Crippen molar-refractivity contribution >= 4 is 0 Å². The summed E-state index contributed by atoms with van der Waals surface area (Å²) in [6.07, 6.45) is -3.64. The maximum atomic E-state index is 8.94. The van der Waals surface area contributed by atoms with Crippen molar-refractivity contribution < 1.29 is 25.5 Å². The van der Waals surface area contributed by atoms with E-state index in [1.165, 1.54) is 0 Å². The van der Waals surface area contributed by atoms with Crippen LogP contribution in [0.5, 0.6) is 0 Å². The van der Waals surface area contributed by atoms with Gasteiger partial charge in [0.1, 0.15) is 6.10 Å².